The summed E-state index contributed by atoms with van der Waals surface area (Å²) >= 11 is 0. The van der Waals surface area contributed by atoms with Gasteiger partial charge in [0.2, 0.25) is 0 Å². The number of carbonyl (C=O) groups is 1. The van der Waals surface area contributed by atoms with Gasteiger partial charge >= 0.3 is 6.09 Å². The van der Waals surface area contributed by atoms with Gasteiger partial charge in [-0.1, -0.05) is 30.3 Å². The maximum Gasteiger partial charge on any atom is 0.410 e. The van der Waals surface area contributed by atoms with Gasteiger partial charge in [0.15, 0.2) is 0 Å². The Morgan fingerprint density at radius 2 is 1.95 bits per heavy atom. The second-order valence-electron chi connectivity index (χ2n) is 5.58. The molecule has 3 rings (SSSR count). The van der Waals surface area contributed by atoms with Gasteiger partial charge in [-0.3, -0.25) is 4.90 Å². The van der Waals surface area contributed by atoms with Crippen molar-refractivity contribution in [2.45, 2.75) is 19.1 Å². The van der Waals surface area contributed by atoms with E-state index in [1.165, 1.54) is 0 Å². The van der Waals surface area contributed by atoms with Crippen molar-refractivity contribution < 1.29 is 14.3 Å². The first-order chi connectivity index (χ1) is 10.3. The van der Waals surface area contributed by atoms with Gasteiger partial charge in [0, 0.05) is 32.2 Å². The molecule has 5 heteroatoms. The Balaban J connectivity index is 1.45. The van der Waals surface area contributed by atoms with Crippen LogP contribution in [0.3, 0.4) is 0 Å². The van der Waals surface area contributed by atoms with E-state index in [0.29, 0.717) is 12.6 Å². The van der Waals surface area contributed by atoms with Crippen molar-refractivity contribution in [2.24, 2.45) is 0 Å². The maximum absolute atomic E-state index is 12.1. The van der Waals surface area contributed by atoms with E-state index in [4.69, 9.17) is 9.47 Å². The van der Waals surface area contributed by atoms with Gasteiger partial charge in [-0.05, 0) is 12.0 Å². The van der Waals surface area contributed by atoms with E-state index >= 15 is 0 Å². The fraction of sp³-hybridized carbons (Fsp3) is 0.562. The number of hydrogen-bond donors (Lipinski definition) is 0. The lowest BCUT2D eigenvalue weighted by Gasteiger charge is -2.31. The Hall–Kier alpha value is -1.59. The van der Waals surface area contributed by atoms with Crippen molar-refractivity contribution in [3.05, 3.63) is 35.9 Å². The van der Waals surface area contributed by atoms with Crippen molar-refractivity contribution in [1.29, 1.82) is 0 Å². The van der Waals surface area contributed by atoms with Crippen molar-refractivity contribution >= 4 is 6.09 Å². The number of likely N-dealkylation sites (tertiary alicyclic amines) is 1. The highest BCUT2D eigenvalue weighted by Crippen LogP contribution is 2.18. The van der Waals surface area contributed by atoms with Gasteiger partial charge < -0.3 is 14.4 Å². The molecule has 1 amide bonds. The minimum Gasteiger partial charge on any atom is -0.445 e. The molecule has 2 saturated heterocycles. The van der Waals surface area contributed by atoms with Gasteiger partial charge in [0.1, 0.15) is 6.61 Å². The monoisotopic (exact) mass is 290 g/mol. The molecule has 1 aromatic rings. The third-order valence-corrected chi connectivity index (χ3v) is 4.19. The van der Waals surface area contributed by atoms with Gasteiger partial charge in [0.25, 0.3) is 0 Å². The molecule has 1 aromatic carbocycles. The lowest BCUT2D eigenvalue weighted by atomic mass is 10.2. The highest BCUT2D eigenvalue weighted by molar-refractivity contribution is 5.68. The number of amides is 1. The standard InChI is InChI=1S/C16H22N2O3/c19-16(21-13-14-4-2-1-3-5-14)18-7-6-15(12-18)17-8-10-20-11-9-17/h1-5,15H,6-13H2/t15-/m1/s1. The first kappa shape index (κ1) is 14.4. The molecule has 0 N–H and O–H groups in total. The van der Waals surface area contributed by atoms with Crippen LogP contribution in [-0.4, -0.2) is 61.3 Å². The average Bonchev–Trinajstić information content (AvgIpc) is 3.04. The fourth-order valence-electron chi connectivity index (χ4n) is 2.96. The van der Waals surface area contributed by atoms with E-state index in [1.54, 1.807) is 0 Å². The van der Waals surface area contributed by atoms with E-state index in [9.17, 15) is 4.79 Å². The number of carbonyl (C=O) groups excluding carboxylic acids is 1. The summed E-state index contributed by atoms with van der Waals surface area (Å²) in [5.74, 6) is 0. The molecule has 0 aliphatic carbocycles. The van der Waals surface area contributed by atoms with Crippen molar-refractivity contribution in [2.75, 3.05) is 39.4 Å². The predicted molar refractivity (Wildman–Crippen MR) is 79.0 cm³/mol. The largest absolute Gasteiger partial charge is 0.445 e. The average molecular weight is 290 g/mol. The lowest BCUT2D eigenvalue weighted by molar-refractivity contribution is 0.0181. The van der Waals surface area contributed by atoms with Crippen LogP contribution in [0, 0.1) is 0 Å². The summed E-state index contributed by atoms with van der Waals surface area (Å²) in [5.41, 5.74) is 1.02. The minimum absolute atomic E-state index is 0.199. The van der Waals surface area contributed by atoms with Gasteiger partial charge in [-0.2, -0.15) is 0 Å². The Morgan fingerprint density at radius 3 is 2.71 bits per heavy atom. The van der Waals surface area contributed by atoms with E-state index in [2.05, 4.69) is 4.90 Å². The number of benzene rings is 1. The van der Waals surface area contributed by atoms with Crippen LogP contribution in [0.5, 0.6) is 0 Å². The van der Waals surface area contributed by atoms with Crippen molar-refractivity contribution in [3.63, 3.8) is 0 Å². The van der Waals surface area contributed by atoms with Crippen LogP contribution in [0.15, 0.2) is 30.3 Å². The second kappa shape index (κ2) is 6.91. The third-order valence-electron chi connectivity index (χ3n) is 4.19. The summed E-state index contributed by atoms with van der Waals surface area (Å²) in [6.45, 7) is 5.45. The summed E-state index contributed by atoms with van der Waals surface area (Å²) in [7, 11) is 0. The SMILES string of the molecule is O=C(OCc1ccccc1)N1CC[C@@H](N2CCOCC2)C1. The Morgan fingerprint density at radius 1 is 1.19 bits per heavy atom. The minimum atomic E-state index is -0.199. The molecule has 2 fully saturated rings. The summed E-state index contributed by atoms with van der Waals surface area (Å²) in [6.07, 6.45) is 0.829. The third kappa shape index (κ3) is 3.74. The molecular weight excluding hydrogens is 268 g/mol. The molecule has 2 aliphatic heterocycles. The fourth-order valence-corrected chi connectivity index (χ4v) is 2.96. The Bertz CT molecular complexity index is 460. The van der Waals surface area contributed by atoms with Gasteiger partial charge in [-0.15, -0.1) is 0 Å². The van der Waals surface area contributed by atoms with Crippen LogP contribution in [0.4, 0.5) is 4.79 Å². The highest BCUT2D eigenvalue weighted by atomic mass is 16.6. The molecule has 0 radical (unpaired) electrons. The summed E-state index contributed by atoms with van der Waals surface area (Å²) in [4.78, 5) is 16.4. The first-order valence-corrected chi connectivity index (χ1v) is 7.60. The smallest absolute Gasteiger partial charge is 0.410 e. The summed E-state index contributed by atoms with van der Waals surface area (Å²) in [6, 6.07) is 10.2. The zero-order chi connectivity index (χ0) is 14.5. The molecule has 0 aromatic heterocycles. The van der Waals surface area contributed by atoms with Gasteiger partial charge in [-0.25, -0.2) is 4.79 Å². The molecule has 0 unspecified atom stereocenters. The van der Waals surface area contributed by atoms with Crippen molar-refractivity contribution in [3.8, 4) is 0 Å². The zero-order valence-electron chi connectivity index (χ0n) is 12.2. The number of rotatable bonds is 3. The molecule has 5 nitrogen and oxygen atoms in total. The molecule has 2 aliphatic rings. The molecule has 2 heterocycles. The summed E-state index contributed by atoms with van der Waals surface area (Å²) in [5, 5.41) is 0. The predicted octanol–water partition coefficient (Wildman–Crippen LogP) is 1.73. The summed E-state index contributed by atoms with van der Waals surface area (Å²) < 4.78 is 10.8. The van der Waals surface area contributed by atoms with Crippen LogP contribution in [0.1, 0.15) is 12.0 Å². The number of nitrogens with zero attached hydrogens (tertiary/aromatic N) is 2. The topological polar surface area (TPSA) is 42.0 Å². The highest BCUT2D eigenvalue weighted by Gasteiger charge is 2.31. The van der Waals surface area contributed by atoms with Crippen LogP contribution in [0.25, 0.3) is 0 Å². The molecule has 114 valence electrons. The normalized spacial score (nSPS) is 23.2. The molecule has 0 bridgehead atoms. The number of ether oxygens (including phenoxy) is 2. The van der Waals surface area contributed by atoms with E-state index in [1.807, 2.05) is 35.2 Å². The lowest BCUT2D eigenvalue weighted by Crippen LogP contribution is -2.45. The quantitative estimate of drug-likeness (QED) is 0.850. The Labute approximate surface area is 125 Å². The van der Waals surface area contributed by atoms with E-state index in [0.717, 1.165) is 51.4 Å². The maximum atomic E-state index is 12.1. The van der Waals surface area contributed by atoms with Crippen LogP contribution >= 0.6 is 0 Å². The zero-order valence-corrected chi connectivity index (χ0v) is 12.2. The van der Waals surface area contributed by atoms with E-state index < -0.39 is 0 Å². The molecule has 1 atom stereocenters. The van der Waals surface area contributed by atoms with E-state index in [-0.39, 0.29) is 6.09 Å². The van der Waals surface area contributed by atoms with Gasteiger partial charge in [0.05, 0.1) is 13.2 Å². The number of morpholine rings is 1. The molecule has 21 heavy (non-hydrogen) atoms. The first-order valence-electron chi connectivity index (χ1n) is 7.60. The molecule has 0 saturated carbocycles. The second-order valence-corrected chi connectivity index (χ2v) is 5.58. The van der Waals surface area contributed by atoms with Crippen molar-refractivity contribution in [1.82, 2.24) is 9.80 Å². The Kier molecular flexibility index (Phi) is 4.72. The van der Waals surface area contributed by atoms with Crippen LogP contribution in [-0.2, 0) is 16.1 Å². The van der Waals surface area contributed by atoms with Crippen LogP contribution < -0.4 is 0 Å². The molecular formula is C16H22N2O3. The van der Waals surface area contributed by atoms with Crippen LogP contribution in [0.2, 0.25) is 0 Å². The number of hydrogen-bond acceptors (Lipinski definition) is 4. The molecule has 0 spiro atoms.